The topological polar surface area (TPSA) is 54.0 Å². The van der Waals surface area contributed by atoms with Gasteiger partial charge in [-0.25, -0.2) is 8.78 Å². The van der Waals surface area contributed by atoms with E-state index in [9.17, 15) is 13.6 Å². The second-order valence-corrected chi connectivity index (χ2v) is 5.99. The molecular weight excluding hydrogens is 336 g/mol. The summed E-state index contributed by atoms with van der Waals surface area (Å²) >= 11 is 0. The number of carbonyl (C=O) groups is 1. The molecule has 1 amide bonds. The minimum absolute atomic E-state index is 0.168. The third kappa shape index (κ3) is 4.03. The summed E-state index contributed by atoms with van der Waals surface area (Å²) in [5.74, 6) is -2.46. The Kier molecular flexibility index (Phi) is 4.93. The number of benzene rings is 2. The SMILES string of the molecule is Cc1ccc(Nc2cncc(C(=O)Nc3ccc(F)c(F)c3)c2)c(C)c1. The first-order valence-corrected chi connectivity index (χ1v) is 7.98. The van der Waals surface area contributed by atoms with Crippen molar-refractivity contribution in [2.24, 2.45) is 0 Å². The molecule has 0 atom stereocenters. The van der Waals surface area contributed by atoms with E-state index in [4.69, 9.17) is 0 Å². The normalized spacial score (nSPS) is 10.5. The third-order valence-electron chi connectivity index (χ3n) is 3.84. The van der Waals surface area contributed by atoms with Crippen LogP contribution in [0.15, 0.2) is 54.9 Å². The van der Waals surface area contributed by atoms with Gasteiger partial charge >= 0.3 is 0 Å². The van der Waals surface area contributed by atoms with Crippen molar-refractivity contribution in [2.75, 3.05) is 10.6 Å². The largest absolute Gasteiger partial charge is 0.354 e. The molecule has 0 saturated carbocycles. The Morgan fingerprint density at radius 2 is 1.73 bits per heavy atom. The molecule has 26 heavy (non-hydrogen) atoms. The number of amides is 1. The standard InChI is InChI=1S/C20H17F2N3O/c1-12-3-6-19(13(2)7-12)24-16-8-14(10-23-11-16)20(26)25-15-4-5-17(21)18(22)9-15/h3-11,24H,1-2H3,(H,25,26). The van der Waals surface area contributed by atoms with E-state index in [1.165, 1.54) is 12.3 Å². The van der Waals surface area contributed by atoms with E-state index in [-0.39, 0.29) is 5.69 Å². The van der Waals surface area contributed by atoms with Gasteiger partial charge in [0.2, 0.25) is 0 Å². The molecule has 3 aromatic rings. The first-order chi connectivity index (χ1) is 12.4. The van der Waals surface area contributed by atoms with Gasteiger partial charge in [0, 0.05) is 23.6 Å². The first-order valence-electron chi connectivity index (χ1n) is 7.98. The van der Waals surface area contributed by atoms with Crippen LogP contribution >= 0.6 is 0 Å². The molecule has 0 aliphatic rings. The molecule has 0 aliphatic heterocycles. The molecule has 0 aliphatic carbocycles. The lowest BCUT2D eigenvalue weighted by Gasteiger charge is -2.11. The number of anilines is 3. The average Bonchev–Trinajstić information content (AvgIpc) is 2.61. The maximum Gasteiger partial charge on any atom is 0.257 e. The van der Waals surface area contributed by atoms with E-state index >= 15 is 0 Å². The van der Waals surface area contributed by atoms with Crippen molar-refractivity contribution in [2.45, 2.75) is 13.8 Å². The van der Waals surface area contributed by atoms with Gasteiger partial charge in [0.15, 0.2) is 11.6 Å². The number of hydrogen-bond donors (Lipinski definition) is 2. The van der Waals surface area contributed by atoms with Crippen LogP contribution in [0.25, 0.3) is 0 Å². The number of halogens is 2. The van der Waals surface area contributed by atoms with Gasteiger partial charge in [-0.3, -0.25) is 9.78 Å². The van der Waals surface area contributed by atoms with Crippen LogP contribution in [0, 0.1) is 25.5 Å². The Morgan fingerprint density at radius 3 is 2.46 bits per heavy atom. The maximum absolute atomic E-state index is 13.3. The molecular formula is C20H17F2N3O. The Labute approximate surface area is 149 Å². The fourth-order valence-electron chi connectivity index (χ4n) is 2.52. The highest BCUT2D eigenvalue weighted by Crippen LogP contribution is 2.22. The summed E-state index contributed by atoms with van der Waals surface area (Å²) in [5, 5.41) is 5.75. The van der Waals surface area contributed by atoms with Crippen LogP contribution in [-0.2, 0) is 0 Å². The van der Waals surface area contributed by atoms with Gasteiger partial charge in [-0.05, 0) is 43.7 Å². The zero-order valence-corrected chi connectivity index (χ0v) is 14.3. The van der Waals surface area contributed by atoms with Crippen molar-refractivity contribution in [3.8, 4) is 0 Å². The number of carbonyl (C=O) groups excluding carboxylic acids is 1. The van der Waals surface area contributed by atoms with E-state index in [1.807, 2.05) is 26.0 Å². The average molecular weight is 353 g/mol. The Balaban J connectivity index is 1.77. The molecule has 0 fully saturated rings. The molecule has 0 bridgehead atoms. The van der Waals surface area contributed by atoms with E-state index in [0.717, 1.165) is 28.9 Å². The molecule has 3 rings (SSSR count). The number of hydrogen-bond acceptors (Lipinski definition) is 3. The van der Waals surface area contributed by atoms with Crippen molar-refractivity contribution in [1.82, 2.24) is 4.98 Å². The number of nitrogens with zero attached hydrogens (tertiary/aromatic N) is 1. The highest BCUT2D eigenvalue weighted by Gasteiger charge is 2.10. The van der Waals surface area contributed by atoms with E-state index in [1.54, 1.807) is 12.3 Å². The quantitative estimate of drug-likeness (QED) is 0.696. The van der Waals surface area contributed by atoms with Gasteiger partial charge < -0.3 is 10.6 Å². The summed E-state index contributed by atoms with van der Waals surface area (Å²) in [6.45, 7) is 4.00. The number of rotatable bonds is 4. The van der Waals surface area contributed by atoms with Crippen molar-refractivity contribution >= 4 is 23.0 Å². The minimum atomic E-state index is -1.02. The lowest BCUT2D eigenvalue weighted by Crippen LogP contribution is -2.13. The summed E-state index contributed by atoms with van der Waals surface area (Å²) < 4.78 is 26.2. The Bertz CT molecular complexity index is 973. The first kappa shape index (κ1) is 17.5. The smallest absolute Gasteiger partial charge is 0.257 e. The lowest BCUT2D eigenvalue weighted by atomic mass is 10.1. The fourth-order valence-corrected chi connectivity index (χ4v) is 2.52. The number of nitrogens with one attached hydrogen (secondary N) is 2. The van der Waals surface area contributed by atoms with Crippen molar-refractivity contribution in [3.63, 3.8) is 0 Å². The molecule has 0 saturated heterocycles. The monoisotopic (exact) mass is 353 g/mol. The summed E-state index contributed by atoms with van der Waals surface area (Å²) in [5.41, 5.74) is 4.25. The van der Waals surface area contributed by atoms with E-state index < -0.39 is 17.5 Å². The van der Waals surface area contributed by atoms with Gasteiger partial charge in [-0.2, -0.15) is 0 Å². The van der Waals surface area contributed by atoms with Crippen LogP contribution in [-0.4, -0.2) is 10.9 Å². The lowest BCUT2D eigenvalue weighted by molar-refractivity contribution is 0.102. The second kappa shape index (κ2) is 7.31. The predicted molar refractivity (Wildman–Crippen MR) is 97.7 cm³/mol. The number of aromatic nitrogens is 1. The van der Waals surface area contributed by atoms with Crippen LogP contribution in [0.4, 0.5) is 25.8 Å². The molecule has 2 aromatic carbocycles. The highest BCUT2D eigenvalue weighted by molar-refractivity contribution is 6.04. The van der Waals surface area contributed by atoms with Crippen LogP contribution in [0.3, 0.4) is 0 Å². The summed E-state index contributed by atoms with van der Waals surface area (Å²) in [4.78, 5) is 16.4. The van der Waals surface area contributed by atoms with Crippen molar-refractivity contribution < 1.29 is 13.6 Å². The van der Waals surface area contributed by atoms with Crippen molar-refractivity contribution in [1.29, 1.82) is 0 Å². The zero-order valence-electron chi connectivity index (χ0n) is 14.3. The summed E-state index contributed by atoms with van der Waals surface area (Å²) in [7, 11) is 0. The fraction of sp³-hybridized carbons (Fsp3) is 0.100. The van der Waals surface area contributed by atoms with Gasteiger partial charge in [-0.1, -0.05) is 17.7 Å². The number of aryl methyl sites for hydroxylation is 2. The van der Waals surface area contributed by atoms with Gasteiger partial charge in [0.25, 0.3) is 5.91 Å². The summed E-state index contributed by atoms with van der Waals surface area (Å²) in [6.07, 6.45) is 3.01. The predicted octanol–water partition coefficient (Wildman–Crippen LogP) is 4.97. The van der Waals surface area contributed by atoms with Gasteiger partial charge in [0.05, 0.1) is 17.4 Å². The van der Waals surface area contributed by atoms with Gasteiger partial charge in [-0.15, -0.1) is 0 Å². The molecule has 132 valence electrons. The molecule has 6 heteroatoms. The van der Waals surface area contributed by atoms with E-state index in [0.29, 0.717) is 11.3 Å². The number of pyridine rings is 1. The van der Waals surface area contributed by atoms with E-state index in [2.05, 4.69) is 21.7 Å². The zero-order chi connectivity index (χ0) is 18.7. The van der Waals surface area contributed by atoms with Gasteiger partial charge in [0.1, 0.15) is 0 Å². The van der Waals surface area contributed by atoms with Crippen molar-refractivity contribution in [3.05, 3.63) is 83.2 Å². The third-order valence-corrected chi connectivity index (χ3v) is 3.84. The van der Waals surface area contributed by atoms with Crippen LogP contribution in [0.1, 0.15) is 21.5 Å². The van der Waals surface area contributed by atoms with Crippen LogP contribution in [0.2, 0.25) is 0 Å². The van der Waals surface area contributed by atoms with Crippen LogP contribution in [0.5, 0.6) is 0 Å². The van der Waals surface area contributed by atoms with Crippen LogP contribution < -0.4 is 10.6 Å². The molecule has 4 nitrogen and oxygen atoms in total. The molecule has 0 spiro atoms. The Hall–Kier alpha value is -3.28. The molecule has 0 radical (unpaired) electrons. The second-order valence-electron chi connectivity index (χ2n) is 5.99. The Morgan fingerprint density at radius 1 is 0.923 bits per heavy atom. The summed E-state index contributed by atoms with van der Waals surface area (Å²) in [6, 6.07) is 10.8. The molecule has 0 unspecified atom stereocenters. The maximum atomic E-state index is 13.3. The minimum Gasteiger partial charge on any atom is -0.354 e. The highest BCUT2D eigenvalue weighted by atomic mass is 19.2. The molecule has 1 aromatic heterocycles. The molecule has 1 heterocycles. The molecule has 2 N–H and O–H groups in total.